The van der Waals surface area contributed by atoms with Crippen LogP contribution in [0.1, 0.15) is 57.3 Å². The fourth-order valence-corrected chi connectivity index (χ4v) is 4.14. The molecule has 0 amide bonds. The molecular weight excluding hydrogens is 546 g/mol. The highest BCUT2D eigenvalue weighted by molar-refractivity contribution is 5.98. The van der Waals surface area contributed by atoms with Gasteiger partial charge in [-0.25, -0.2) is 23.9 Å². The highest BCUT2D eigenvalue weighted by atomic mass is 16.4. The van der Waals surface area contributed by atoms with E-state index in [2.05, 4.69) is 25.6 Å². The van der Waals surface area contributed by atoms with Gasteiger partial charge in [0.25, 0.3) is 0 Å². The minimum atomic E-state index is -1.27. The lowest BCUT2D eigenvalue weighted by atomic mass is 10.0. The zero-order valence-electron chi connectivity index (χ0n) is 22.0. The number of Topliss-reactive ketones (excluding diaryl/α,β-unsaturated/α-hetero) is 1. The van der Waals surface area contributed by atoms with Crippen LogP contribution in [0.4, 0.5) is 0 Å². The lowest BCUT2D eigenvalue weighted by Crippen LogP contribution is -2.02. The number of aromatic nitrogens is 7. The Morgan fingerprint density at radius 3 is 1.60 bits per heavy atom. The Hall–Kier alpha value is -5.92. The van der Waals surface area contributed by atoms with Crippen LogP contribution in [-0.4, -0.2) is 73.1 Å². The van der Waals surface area contributed by atoms with Gasteiger partial charge >= 0.3 is 11.9 Å². The maximum absolute atomic E-state index is 13.0. The van der Waals surface area contributed by atoms with Crippen molar-refractivity contribution in [3.8, 4) is 45.6 Å². The van der Waals surface area contributed by atoms with Crippen LogP contribution < -0.4 is 0 Å². The standard InChI is InChI=1S/C28H23N7O7/c1-2-3-4-24(36)15-9-20(22-13-34(32-30-22)16-5-7-18(27(39)40)25(37)11-16)29-21(10-15)23-14-35(33-31-23)17-6-8-19(28(41)42)26(38)12-17/h5-14,37-38H,2-4H2,1H3,(H,39,40)(H,41,42). The second-order valence-electron chi connectivity index (χ2n) is 9.26. The predicted molar refractivity (Wildman–Crippen MR) is 146 cm³/mol. The minimum Gasteiger partial charge on any atom is -0.507 e. The van der Waals surface area contributed by atoms with Gasteiger partial charge in [-0.3, -0.25) is 4.79 Å². The maximum atomic E-state index is 13.0. The summed E-state index contributed by atoms with van der Waals surface area (Å²) >= 11 is 0. The quantitative estimate of drug-likeness (QED) is 0.177. The summed E-state index contributed by atoms with van der Waals surface area (Å²) in [6.07, 6.45) is 4.89. The molecule has 5 rings (SSSR count). The first kappa shape index (κ1) is 27.6. The van der Waals surface area contributed by atoms with Crippen molar-refractivity contribution in [2.45, 2.75) is 26.2 Å². The van der Waals surface area contributed by atoms with E-state index in [1.807, 2.05) is 6.92 Å². The Morgan fingerprint density at radius 1 is 0.714 bits per heavy atom. The number of carboxylic acids is 2. The average molecular weight is 570 g/mol. The molecule has 5 aromatic rings. The third-order valence-electron chi connectivity index (χ3n) is 6.37. The summed E-state index contributed by atoms with van der Waals surface area (Å²) in [6.45, 7) is 1.98. The summed E-state index contributed by atoms with van der Waals surface area (Å²) in [5.41, 5.74) is 1.77. The van der Waals surface area contributed by atoms with Gasteiger partial charge in [-0.1, -0.05) is 23.8 Å². The van der Waals surface area contributed by atoms with Gasteiger partial charge in [0, 0.05) is 24.1 Å². The molecule has 14 nitrogen and oxygen atoms in total. The van der Waals surface area contributed by atoms with Crippen LogP contribution in [-0.2, 0) is 0 Å². The molecule has 3 heterocycles. The number of unbranched alkanes of at least 4 members (excludes halogenated alkanes) is 1. The van der Waals surface area contributed by atoms with Crippen molar-refractivity contribution < 1.29 is 34.8 Å². The smallest absolute Gasteiger partial charge is 0.339 e. The number of rotatable bonds is 10. The lowest BCUT2D eigenvalue weighted by Gasteiger charge is -2.06. The molecule has 212 valence electrons. The van der Waals surface area contributed by atoms with Gasteiger partial charge in [0.15, 0.2) is 5.78 Å². The molecule has 14 heteroatoms. The number of carboxylic acid groups (broad SMARTS) is 2. The SMILES string of the molecule is CCCCC(=O)c1cc(-c2cn(-c3ccc(C(=O)O)c(O)c3)nn2)nc(-c2cn(-c3ccc(C(=O)O)c(O)c3)nn2)c1. The fraction of sp³-hybridized carbons (Fsp3) is 0.143. The Bertz CT molecular complexity index is 1720. The summed E-state index contributed by atoms with van der Waals surface area (Å²) in [6, 6.07) is 11.1. The predicted octanol–water partition coefficient (Wildman–Crippen LogP) is 3.76. The van der Waals surface area contributed by atoms with Gasteiger partial charge < -0.3 is 20.4 Å². The molecule has 4 N–H and O–H groups in total. The molecule has 3 aromatic heterocycles. The molecular formula is C28H23N7O7. The zero-order valence-corrected chi connectivity index (χ0v) is 22.0. The first-order valence-corrected chi connectivity index (χ1v) is 12.7. The summed E-state index contributed by atoms with van der Waals surface area (Å²) in [4.78, 5) is 40.1. The zero-order chi connectivity index (χ0) is 30.0. The molecule has 0 aliphatic rings. The second-order valence-corrected chi connectivity index (χ2v) is 9.26. The Labute approximate surface area is 237 Å². The van der Waals surface area contributed by atoms with E-state index < -0.39 is 23.4 Å². The normalized spacial score (nSPS) is 11.0. The number of hydrogen-bond acceptors (Lipinski definition) is 10. The van der Waals surface area contributed by atoms with Gasteiger partial charge in [-0.2, -0.15) is 0 Å². The van der Waals surface area contributed by atoms with Crippen molar-refractivity contribution in [3.63, 3.8) is 0 Å². The highest BCUT2D eigenvalue weighted by Gasteiger charge is 2.18. The van der Waals surface area contributed by atoms with Crippen LogP contribution in [0.25, 0.3) is 34.2 Å². The van der Waals surface area contributed by atoms with E-state index >= 15 is 0 Å². The largest absolute Gasteiger partial charge is 0.507 e. The molecule has 42 heavy (non-hydrogen) atoms. The summed E-state index contributed by atoms with van der Waals surface area (Å²) in [5.74, 6) is -3.52. The number of benzene rings is 2. The highest BCUT2D eigenvalue weighted by Crippen LogP contribution is 2.27. The first-order valence-electron chi connectivity index (χ1n) is 12.7. The van der Waals surface area contributed by atoms with Gasteiger partial charge in [-0.05, 0) is 42.8 Å². The number of hydrogen-bond donors (Lipinski definition) is 4. The van der Waals surface area contributed by atoms with E-state index in [0.29, 0.717) is 52.6 Å². The van der Waals surface area contributed by atoms with Crippen molar-refractivity contribution in [2.75, 3.05) is 0 Å². The first-order chi connectivity index (χ1) is 20.1. The van der Waals surface area contributed by atoms with Crippen LogP contribution in [0.5, 0.6) is 11.5 Å². The van der Waals surface area contributed by atoms with Crippen molar-refractivity contribution >= 4 is 17.7 Å². The van der Waals surface area contributed by atoms with Gasteiger partial charge in [0.2, 0.25) is 0 Å². The number of pyridine rings is 1. The van der Waals surface area contributed by atoms with E-state index in [9.17, 15) is 24.6 Å². The molecule has 0 aliphatic heterocycles. The van der Waals surface area contributed by atoms with Crippen LogP contribution in [0, 0.1) is 0 Å². The molecule has 0 saturated heterocycles. The number of ketones is 1. The Morgan fingerprint density at radius 2 is 1.19 bits per heavy atom. The van der Waals surface area contributed by atoms with E-state index in [4.69, 9.17) is 10.2 Å². The van der Waals surface area contributed by atoms with Crippen LogP contribution in [0.15, 0.2) is 60.9 Å². The van der Waals surface area contributed by atoms with Crippen molar-refractivity contribution in [2.24, 2.45) is 0 Å². The number of aromatic hydroxyl groups is 2. The number of nitrogens with zero attached hydrogens (tertiary/aromatic N) is 7. The summed E-state index contributed by atoms with van der Waals surface area (Å²) in [5, 5.41) is 54.9. The lowest BCUT2D eigenvalue weighted by molar-refractivity contribution is 0.0682. The third kappa shape index (κ3) is 5.54. The average Bonchev–Trinajstić information content (AvgIpc) is 3.66. The molecule has 0 radical (unpaired) electrons. The van der Waals surface area contributed by atoms with Crippen molar-refractivity contribution in [1.29, 1.82) is 0 Å². The van der Waals surface area contributed by atoms with Gasteiger partial charge in [0.05, 0.1) is 35.2 Å². The molecule has 0 aliphatic carbocycles. The molecule has 0 unspecified atom stereocenters. The van der Waals surface area contributed by atoms with Crippen molar-refractivity contribution in [1.82, 2.24) is 35.0 Å². The number of carbonyl (C=O) groups is 3. The number of aromatic carboxylic acids is 2. The molecule has 2 aromatic carbocycles. The summed E-state index contributed by atoms with van der Waals surface area (Å²) in [7, 11) is 0. The van der Waals surface area contributed by atoms with Crippen LogP contribution >= 0.6 is 0 Å². The molecule has 0 bridgehead atoms. The molecule has 0 spiro atoms. The van der Waals surface area contributed by atoms with Crippen LogP contribution in [0.3, 0.4) is 0 Å². The fourth-order valence-electron chi connectivity index (χ4n) is 4.14. The van der Waals surface area contributed by atoms with Crippen LogP contribution in [0.2, 0.25) is 0 Å². The van der Waals surface area contributed by atoms with Gasteiger partial charge in [0.1, 0.15) is 34.0 Å². The summed E-state index contributed by atoms with van der Waals surface area (Å²) < 4.78 is 2.66. The second kappa shape index (κ2) is 11.3. The van der Waals surface area contributed by atoms with Gasteiger partial charge in [-0.15, -0.1) is 10.2 Å². The van der Waals surface area contributed by atoms with E-state index in [1.165, 1.54) is 58.2 Å². The molecule has 0 atom stereocenters. The number of carbonyl (C=O) groups excluding carboxylic acids is 1. The minimum absolute atomic E-state index is 0.107. The van der Waals surface area contributed by atoms with E-state index in [-0.39, 0.29) is 16.9 Å². The van der Waals surface area contributed by atoms with E-state index in [0.717, 1.165) is 6.42 Å². The third-order valence-corrected chi connectivity index (χ3v) is 6.37. The van der Waals surface area contributed by atoms with Crippen molar-refractivity contribution in [3.05, 3.63) is 77.6 Å². The monoisotopic (exact) mass is 569 g/mol. The molecule has 0 fully saturated rings. The Balaban J connectivity index is 1.53. The molecule has 0 saturated carbocycles. The Kier molecular flexibility index (Phi) is 7.43. The van der Waals surface area contributed by atoms with E-state index in [1.54, 1.807) is 12.1 Å². The maximum Gasteiger partial charge on any atom is 0.339 e. The number of phenols is 2. The topological polar surface area (TPSA) is 206 Å².